The molecule has 0 amide bonds. The minimum Gasteiger partial charge on any atom is -0.359 e. The number of aromatic nitrogens is 2. The van der Waals surface area contributed by atoms with Crippen molar-refractivity contribution in [1.29, 1.82) is 0 Å². The third-order valence-electron chi connectivity index (χ3n) is 3.07. The van der Waals surface area contributed by atoms with Crippen molar-refractivity contribution in [2.45, 2.75) is 20.4 Å². The van der Waals surface area contributed by atoms with Crippen LogP contribution in [0.3, 0.4) is 0 Å². The van der Waals surface area contributed by atoms with Gasteiger partial charge in [0.05, 0.1) is 17.4 Å². The third-order valence-corrected chi connectivity index (χ3v) is 3.07. The van der Waals surface area contributed by atoms with Crippen LogP contribution in [0, 0.1) is 18.6 Å². The molecule has 1 aromatic carbocycles. The Morgan fingerprint density at radius 2 is 2.19 bits per heavy atom. The number of nitrogens with zero attached hydrogens (tertiary/aromatic N) is 2. The van der Waals surface area contributed by atoms with Gasteiger partial charge in [-0.1, -0.05) is 0 Å². The van der Waals surface area contributed by atoms with E-state index in [0.717, 1.165) is 17.8 Å². The van der Waals surface area contributed by atoms with E-state index in [0.29, 0.717) is 12.1 Å². The number of allylic oxidation sites excluding steroid dienone is 1. The molecule has 0 fully saturated rings. The van der Waals surface area contributed by atoms with Gasteiger partial charge in [-0.15, -0.1) is 0 Å². The molecule has 1 N–H and O–H groups in total. The summed E-state index contributed by atoms with van der Waals surface area (Å²) in [5.74, 6) is -1.61. The van der Waals surface area contributed by atoms with Crippen molar-refractivity contribution in [3.05, 3.63) is 59.6 Å². The molecule has 0 atom stereocenters. The lowest BCUT2D eigenvalue weighted by atomic mass is 10.1. The van der Waals surface area contributed by atoms with Gasteiger partial charge in [0, 0.05) is 30.6 Å². The van der Waals surface area contributed by atoms with Gasteiger partial charge in [-0.2, -0.15) is 5.10 Å². The van der Waals surface area contributed by atoms with Crippen molar-refractivity contribution in [1.82, 2.24) is 9.78 Å². The number of nitrogens with one attached hydrogen (secondary N) is 1. The smallest absolute Gasteiger partial charge is 0.190 e. The number of hydrogen-bond donors (Lipinski definition) is 1. The summed E-state index contributed by atoms with van der Waals surface area (Å²) in [7, 11) is 0. The van der Waals surface area contributed by atoms with E-state index in [1.807, 2.05) is 13.8 Å². The monoisotopic (exact) mass is 291 g/mol. The van der Waals surface area contributed by atoms with Gasteiger partial charge in [0.25, 0.3) is 0 Å². The first-order valence-electron chi connectivity index (χ1n) is 6.47. The molecule has 2 aromatic rings. The number of hydrogen-bond acceptors (Lipinski definition) is 3. The molecule has 0 unspecified atom stereocenters. The lowest BCUT2D eigenvalue weighted by molar-refractivity contribution is 0.104. The van der Waals surface area contributed by atoms with Crippen molar-refractivity contribution in [3.8, 4) is 0 Å². The Hall–Kier alpha value is -2.50. The summed E-state index contributed by atoms with van der Waals surface area (Å²) in [6.07, 6.45) is 4.11. The van der Waals surface area contributed by atoms with E-state index in [4.69, 9.17) is 0 Å². The van der Waals surface area contributed by atoms with Crippen LogP contribution in [0.5, 0.6) is 0 Å². The molecule has 0 saturated heterocycles. The Morgan fingerprint density at radius 1 is 1.43 bits per heavy atom. The zero-order valence-corrected chi connectivity index (χ0v) is 11.7. The van der Waals surface area contributed by atoms with Crippen LogP contribution in [-0.2, 0) is 6.54 Å². The molecule has 0 aliphatic heterocycles. The maximum Gasteiger partial charge on any atom is 0.190 e. The molecule has 0 aliphatic rings. The van der Waals surface area contributed by atoms with Gasteiger partial charge >= 0.3 is 0 Å². The number of halogens is 2. The Kier molecular flexibility index (Phi) is 4.47. The maximum absolute atomic E-state index is 13.4. The lowest BCUT2D eigenvalue weighted by Gasteiger charge is -2.02. The molecule has 0 spiro atoms. The topological polar surface area (TPSA) is 46.9 Å². The van der Waals surface area contributed by atoms with E-state index < -0.39 is 11.6 Å². The molecular weight excluding hydrogens is 276 g/mol. The fraction of sp³-hybridized carbons (Fsp3) is 0.200. The van der Waals surface area contributed by atoms with Gasteiger partial charge in [0.1, 0.15) is 11.6 Å². The van der Waals surface area contributed by atoms with Gasteiger partial charge in [-0.05, 0) is 26.0 Å². The van der Waals surface area contributed by atoms with Crippen LogP contribution in [-0.4, -0.2) is 15.6 Å². The second-order valence-electron chi connectivity index (χ2n) is 4.43. The van der Waals surface area contributed by atoms with Crippen LogP contribution in [0.1, 0.15) is 23.0 Å². The number of rotatable bonds is 5. The highest BCUT2D eigenvalue weighted by atomic mass is 19.1. The number of benzene rings is 1. The Morgan fingerprint density at radius 3 is 2.81 bits per heavy atom. The second-order valence-corrected chi connectivity index (χ2v) is 4.43. The van der Waals surface area contributed by atoms with E-state index >= 15 is 0 Å². The van der Waals surface area contributed by atoms with Crippen molar-refractivity contribution in [3.63, 3.8) is 0 Å². The van der Waals surface area contributed by atoms with E-state index in [2.05, 4.69) is 10.4 Å². The van der Waals surface area contributed by atoms with Crippen molar-refractivity contribution in [2.75, 3.05) is 5.32 Å². The van der Waals surface area contributed by atoms with E-state index in [-0.39, 0.29) is 11.5 Å². The molecular formula is C15H15F2N3O. The maximum atomic E-state index is 13.4. The van der Waals surface area contributed by atoms with Gasteiger partial charge in [0.15, 0.2) is 5.78 Å². The van der Waals surface area contributed by atoms with Crippen molar-refractivity contribution in [2.24, 2.45) is 0 Å². The van der Waals surface area contributed by atoms with Gasteiger partial charge in [0.2, 0.25) is 0 Å². The highest BCUT2D eigenvalue weighted by Gasteiger charge is 2.10. The summed E-state index contributed by atoms with van der Waals surface area (Å²) in [5, 5.41) is 6.70. The highest BCUT2D eigenvalue weighted by molar-refractivity contribution is 6.05. The molecule has 21 heavy (non-hydrogen) atoms. The normalized spacial score (nSPS) is 11.0. The molecule has 0 saturated carbocycles. The average molecular weight is 291 g/mol. The first-order chi connectivity index (χ1) is 10.0. The SMILES string of the molecule is CCn1ncc(C(=O)C=CNc2ccc(F)cc2F)c1C. The number of aryl methyl sites for hydroxylation is 1. The second kappa shape index (κ2) is 6.30. The van der Waals surface area contributed by atoms with Crippen LogP contribution in [0.4, 0.5) is 14.5 Å². The summed E-state index contributed by atoms with van der Waals surface area (Å²) in [5.41, 5.74) is 1.37. The standard InChI is InChI=1S/C15H15F2N3O/c1-3-20-10(2)12(9-19-20)15(21)6-7-18-14-5-4-11(16)8-13(14)17/h4-9,18H,3H2,1-2H3. The van der Waals surface area contributed by atoms with Crippen LogP contribution in [0.15, 0.2) is 36.7 Å². The largest absolute Gasteiger partial charge is 0.359 e. The fourth-order valence-electron chi connectivity index (χ4n) is 1.91. The first kappa shape index (κ1) is 14.9. The third kappa shape index (κ3) is 3.34. The predicted octanol–water partition coefficient (Wildman–Crippen LogP) is 3.30. The summed E-state index contributed by atoms with van der Waals surface area (Å²) in [4.78, 5) is 12.0. The molecule has 6 heteroatoms. The van der Waals surface area contributed by atoms with Crippen LogP contribution in [0.2, 0.25) is 0 Å². The summed E-state index contributed by atoms with van der Waals surface area (Å²) < 4.78 is 27.8. The van der Waals surface area contributed by atoms with Crippen LogP contribution < -0.4 is 5.32 Å². The number of ketones is 1. The molecule has 2 rings (SSSR count). The van der Waals surface area contributed by atoms with Crippen LogP contribution >= 0.6 is 0 Å². The zero-order chi connectivity index (χ0) is 15.4. The Labute approximate surface area is 121 Å². The van der Waals surface area contributed by atoms with Gasteiger partial charge in [-0.3, -0.25) is 9.48 Å². The Bertz CT molecular complexity index is 692. The number of carbonyl (C=O) groups is 1. The molecule has 0 radical (unpaired) electrons. The molecule has 1 aromatic heterocycles. The molecule has 4 nitrogen and oxygen atoms in total. The zero-order valence-electron chi connectivity index (χ0n) is 11.7. The minimum atomic E-state index is -0.720. The number of anilines is 1. The van der Waals surface area contributed by atoms with E-state index in [1.54, 1.807) is 4.68 Å². The predicted molar refractivity (Wildman–Crippen MR) is 76.1 cm³/mol. The molecule has 110 valence electrons. The summed E-state index contributed by atoms with van der Waals surface area (Å²) in [6, 6.07) is 3.17. The molecule has 0 bridgehead atoms. The summed E-state index contributed by atoms with van der Waals surface area (Å²) in [6.45, 7) is 4.43. The average Bonchev–Trinajstić information content (AvgIpc) is 2.82. The Balaban J connectivity index is 2.07. The quantitative estimate of drug-likeness (QED) is 0.679. The highest BCUT2D eigenvalue weighted by Crippen LogP contribution is 2.15. The van der Waals surface area contributed by atoms with E-state index in [1.165, 1.54) is 24.5 Å². The lowest BCUT2D eigenvalue weighted by Crippen LogP contribution is -2.02. The van der Waals surface area contributed by atoms with E-state index in [9.17, 15) is 13.6 Å². The van der Waals surface area contributed by atoms with Crippen LogP contribution in [0.25, 0.3) is 0 Å². The van der Waals surface area contributed by atoms with Gasteiger partial charge in [-0.25, -0.2) is 8.78 Å². The molecule has 0 aliphatic carbocycles. The van der Waals surface area contributed by atoms with Crippen molar-refractivity contribution < 1.29 is 13.6 Å². The minimum absolute atomic E-state index is 0.0985. The first-order valence-corrected chi connectivity index (χ1v) is 6.47. The summed E-state index contributed by atoms with van der Waals surface area (Å²) >= 11 is 0. The van der Waals surface area contributed by atoms with Crippen molar-refractivity contribution >= 4 is 11.5 Å². The van der Waals surface area contributed by atoms with Gasteiger partial charge < -0.3 is 5.32 Å². The fourth-order valence-corrected chi connectivity index (χ4v) is 1.91. The molecule has 1 heterocycles. The number of carbonyl (C=O) groups excluding carboxylic acids is 1.